The Morgan fingerprint density at radius 1 is 1.15 bits per heavy atom. The van der Waals surface area contributed by atoms with Crippen molar-refractivity contribution in [2.45, 2.75) is 18.4 Å². The molecule has 8 N–H and O–H groups in total. The number of hydrogen-bond acceptors (Lipinski definition) is 7. The Hall–Kier alpha value is -4.38. The number of amidine groups is 1. The van der Waals surface area contributed by atoms with Crippen molar-refractivity contribution >= 4 is 34.3 Å². The first-order valence-corrected chi connectivity index (χ1v) is 10.8. The van der Waals surface area contributed by atoms with Gasteiger partial charge in [-0.2, -0.15) is 0 Å². The summed E-state index contributed by atoms with van der Waals surface area (Å²) in [7, 11) is 0. The number of benzene rings is 2. The lowest BCUT2D eigenvalue weighted by atomic mass is 9.87. The molecule has 1 saturated heterocycles. The first kappa shape index (κ1) is 21.5. The Bertz CT molecular complexity index is 1410. The minimum absolute atomic E-state index is 0.0874. The van der Waals surface area contributed by atoms with Gasteiger partial charge in [0.1, 0.15) is 22.9 Å². The van der Waals surface area contributed by atoms with Crippen molar-refractivity contribution in [3.8, 4) is 11.5 Å². The third kappa shape index (κ3) is 3.92. The minimum atomic E-state index is -1.10. The van der Waals surface area contributed by atoms with Crippen LogP contribution in [0.15, 0.2) is 57.7 Å². The van der Waals surface area contributed by atoms with Crippen LogP contribution in [-0.4, -0.2) is 50.2 Å². The summed E-state index contributed by atoms with van der Waals surface area (Å²) in [6.07, 6.45) is 0.668. The molecule has 0 bridgehead atoms. The summed E-state index contributed by atoms with van der Waals surface area (Å²) in [4.78, 5) is 35.7. The maximum atomic E-state index is 13.1. The molecule has 34 heavy (non-hydrogen) atoms. The second-order valence-corrected chi connectivity index (χ2v) is 8.38. The van der Waals surface area contributed by atoms with E-state index in [1.165, 1.54) is 0 Å². The van der Waals surface area contributed by atoms with Gasteiger partial charge < -0.3 is 31.1 Å². The van der Waals surface area contributed by atoms with Crippen LogP contribution in [0.5, 0.6) is 0 Å². The molecule has 0 unspecified atom stereocenters. The number of likely N-dealkylation sites (tertiary alicyclic amines) is 1. The number of amides is 1. The SMILES string of the molecule is N=C(c1[nH]c(=O)[nH]c1N)N1CCC(N)(C(=O)Nc2cccc(-c3nc4ccccc4o3)c2)CC1. The van der Waals surface area contributed by atoms with E-state index in [-0.39, 0.29) is 23.3 Å². The Balaban J connectivity index is 1.26. The van der Waals surface area contributed by atoms with E-state index in [0.717, 1.165) is 11.1 Å². The minimum Gasteiger partial charge on any atom is -0.436 e. The number of anilines is 2. The van der Waals surface area contributed by atoms with Crippen LogP contribution in [-0.2, 0) is 4.79 Å². The van der Waals surface area contributed by atoms with Gasteiger partial charge in [0.05, 0.1) is 5.54 Å². The Morgan fingerprint density at radius 3 is 2.62 bits per heavy atom. The highest BCUT2D eigenvalue weighted by molar-refractivity contribution is 6.00. The largest absolute Gasteiger partial charge is 0.436 e. The molecular weight excluding hydrogens is 436 g/mol. The van der Waals surface area contributed by atoms with Crippen LogP contribution in [0, 0.1) is 5.41 Å². The number of H-pyrrole nitrogens is 2. The maximum Gasteiger partial charge on any atom is 0.325 e. The fraction of sp³-hybridized carbons (Fsp3) is 0.217. The van der Waals surface area contributed by atoms with Gasteiger partial charge in [-0.05, 0) is 43.2 Å². The standard InChI is InChI=1S/C23H24N8O3/c24-18-17(29-22(33)30-18)19(25)31-10-8-23(26,9-11-31)21(32)27-14-5-3-4-13(12-14)20-28-15-6-1-2-7-16(15)34-20/h1-7,12,25H,8-11,24,26H2,(H,27,32)(H2,29,30,33). The number of fused-ring (bicyclic) bond motifs is 1. The van der Waals surface area contributed by atoms with Gasteiger partial charge >= 0.3 is 5.69 Å². The second-order valence-electron chi connectivity index (χ2n) is 8.38. The predicted molar refractivity (Wildman–Crippen MR) is 128 cm³/mol. The summed E-state index contributed by atoms with van der Waals surface area (Å²) < 4.78 is 5.82. The average Bonchev–Trinajstić information content (AvgIpc) is 3.41. The van der Waals surface area contributed by atoms with E-state index in [2.05, 4.69) is 20.3 Å². The number of hydrogen-bond donors (Lipinski definition) is 6. The fourth-order valence-electron chi connectivity index (χ4n) is 4.08. The number of nitrogens with zero attached hydrogens (tertiary/aromatic N) is 2. The van der Waals surface area contributed by atoms with E-state index in [9.17, 15) is 9.59 Å². The first-order chi connectivity index (χ1) is 16.3. The number of nitrogens with two attached hydrogens (primary N) is 2. The van der Waals surface area contributed by atoms with Gasteiger partial charge in [0.2, 0.25) is 11.8 Å². The quantitative estimate of drug-likeness (QED) is 0.198. The van der Waals surface area contributed by atoms with E-state index >= 15 is 0 Å². The summed E-state index contributed by atoms with van der Waals surface area (Å²) in [6.45, 7) is 0.747. The summed E-state index contributed by atoms with van der Waals surface area (Å²) >= 11 is 0. The van der Waals surface area contributed by atoms with Crippen LogP contribution in [0.1, 0.15) is 18.5 Å². The van der Waals surface area contributed by atoms with Gasteiger partial charge in [-0.3, -0.25) is 15.2 Å². The zero-order valence-corrected chi connectivity index (χ0v) is 18.2. The van der Waals surface area contributed by atoms with E-state index in [0.29, 0.717) is 43.1 Å². The van der Waals surface area contributed by atoms with Gasteiger partial charge in [-0.15, -0.1) is 0 Å². The van der Waals surface area contributed by atoms with Crippen molar-refractivity contribution in [2.75, 3.05) is 24.1 Å². The van der Waals surface area contributed by atoms with Crippen LogP contribution < -0.4 is 22.5 Å². The van der Waals surface area contributed by atoms with Crippen LogP contribution >= 0.6 is 0 Å². The number of para-hydroxylation sites is 2. The highest BCUT2D eigenvalue weighted by Crippen LogP contribution is 2.28. The molecule has 174 valence electrons. The number of imidazole rings is 1. The Labute approximate surface area is 193 Å². The van der Waals surface area contributed by atoms with Crippen LogP contribution in [0.4, 0.5) is 11.5 Å². The molecule has 0 spiro atoms. The van der Waals surface area contributed by atoms with Crippen LogP contribution in [0.2, 0.25) is 0 Å². The molecule has 1 aliphatic rings. The molecule has 3 heterocycles. The molecule has 0 saturated carbocycles. The Morgan fingerprint density at radius 2 is 1.91 bits per heavy atom. The second kappa shape index (κ2) is 8.19. The van der Waals surface area contributed by atoms with Crippen molar-refractivity contribution in [1.82, 2.24) is 19.9 Å². The summed E-state index contributed by atoms with van der Waals surface area (Å²) in [5.41, 5.74) is 13.7. The average molecular weight is 460 g/mol. The topological polar surface area (TPSA) is 183 Å². The lowest BCUT2D eigenvalue weighted by Gasteiger charge is -2.38. The molecule has 2 aromatic heterocycles. The summed E-state index contributed by atoms with van der Waals surface area (Å²) in [6, 6.07) is 14.8. The van der Waals surface area contributed by atoms with E-state index in [1.54, 1.807) is 17.0 Å². The Kier molecular flexibility index (Phi) is 5.17. The third-order valence-corrected chi connectivity index (χ3v) is 6.08. The van der Waals surface area contributed by atoms with Gasteiger partial charge in [-0.25, -0.2) is 9.78 Å². The molecule has 4 aromatic rings. The fourth-order valence-corrected chi connectivity index (χ4v) is 4.08. The molecule has 1 aliphatic heterocycles. The number of nitrogen functional groups attached to an aromatic ring is 1. The van der Waals surface area contributed by atoms with Gasteiger partial charge in [0.15, 0.2) is 5.58 Å². The van der Waals surface area contributed by atoms with Crippen molar-refractivity contribution in [2.24, 2.45) is 5.73 Å². The molecule has 5 rings (SSSR count). The summed E-state index contributed by atoms with van der Waals surface area (Å²) in [5, 5.41) is 11.2. The van der Waals surface area contributed by atoms with E-state index in [1.807, 2.05) is 36.4 Å². The molecule has 0 aliphatic carbocycles. The van der Waals surface area contributed by atoms with E-state index < -0.39 is 11.2 Å². The normalized spacial score (nSPS) is 15.4. The molecular formula is C23H24N8O3. The number of oxazole rings is 1. The van der Waals surface area contributed by atoms with Crippen LogP contribution in [0.3, 0.4) is 0 Å². The molecule has 0 atom stereocenters. The predicted octanol–water partition coefficient (Wildman–Crippen LogP) is 1.85. The number of rotatable bonds is 4. The zero-order chi connectivity index (χ0) is 23.9. The molecule has 1 amide bonds. The van der Waals surface area contributed by atoms with Gasteiger partial charge in [-0.1, -0.05) is 18.2 Å². The first-order valence-electron chi connectivity index (χ1n) is 10.8. The highest BCUT2D eigenvalue weighted by atomic mass is 16.3. The monoisotopic (exact) mass is 460 g/mol. The van der Waals surface area contributed by atoms with Crippen molar-refractivity contribution in [1.29, 1.82) is 5.41 Å². The van der Waals surface area contributed by atoms with Crippen LogP contribution in [0.25, 0.3) is 22.6 Å². The van der Waals surface area contributed by atoms with E-state index in [4.69, 9.17) is 21.3 Å². The third-order valence-electron chi connectivity index (χ3n) is 6.08. The summed E-state index contributed by atoms with van der Waals surface area (Å²) in [5.74, 6) is 0.358. The maximum absolute atomic E-state index is 13.1. The van der Waals surface area contributed by atoms with Crippen molar-refractivity contribution < 1.29 is 9.21 Å². The molecule has 1 fully saturated rings. The molecule has 11 heteroatoms. The van der Waals surface area contributed by atoms with Gasteiger partial charge in [0, 0.05) is 24.3 Å². The smallest absolute Gasteiger partial charge is 0.325 e. The number of carbonyl (C=O) groups is 1. The molecule has 0 radical (unpaired) electrons. The number of piperidine rings is 1. The zero-order valence-electron chi connectivity index (χ0n) is 18.2. The number of aromatic amines is 2. The lowest BCUT2D eigenvalue weighted by molar-refractivity contribution is -0.122. The number of carbonyl (C=O) groups excluding carboxylic acids is 1. The molecule has 2 aromatic carbocycles. The number of nitrogens with one attached hydrogen (secondary N) is 4. The number of aromatic nitrogens is 3. The van der Waals surface area contributed by atoms with Crippen molar-refractivity contribution in [3.63, 3.8) is 0 Å². The highest BCUT2D eigenvalue weighted by Gasteiger charge is 2.38. The lowest BCUT2D eigenvalue weighted by Crippen LogP contribution is -2.58. The van der Waals surface area contributed by atoms with Gasteiger partial charge in [0.25, 0.3) is 0 Å². The molecule has 11 nitrogen and oxygen atoms in total. The van der Waals surface area contributed by atoms with Crippen molar-refractivity contribution in [3.05, 3.63) is 64.7 Å².